The molecule has 0 unspecified atom stereocenters. The van der Waals surface area contributed by atoms with Crippen LogP contribution in [0.25, 0.3) is 11.0 Å². The largest absolute Gasteiger partial charge is 0.486 e. The van der Waals surface area contributed by atoms with Crippen molar-refractivity contribution >= 4 is 22.6 Å². The molecule has 0 bridgehead atoms. The monoisotopic (exact) mass is 453 g/mol. The number of ether oxygens (including phenoxy) is 3. The Labute approximate surface area is 179 Å². The average Bonchev–Trinajstić information content (AvgIpc) is 3.24. The van der Waals surface area contributed by atoms with Gasteiger partial charge in [-0.25, -0.2) is 9.97 Å². The van der Waals surface area contributed by atoms with Gasteiger partial charge in [-0.2, -0.15) is 0 Å². The topological polar surface area (TPSA) is 98.9 Å². The zero-order chi connectivity index (χ0) is 21.9. The molecular formula is C20H18ClF2N3O5. The van der Waals surface area contributed by atoms with E-state index in [2.05, 4.69) is 14.7 Å². The van der Waals surface area contributed by atoms with Crippen LogP contribution in [0, 0.1) is 6.92 Å². The minimum Gasteiger partial charge on any atom is -0.387 e. The standard InChI is InChI=1S/C20H18ClF2N3O5/c1-9-12-4-5-26(18(12)25-8-24-9)19-15(28)14(27)17(30-19)16-13-3-2-11(21)6-10(13)7-29-20(22,23)31-16/h2-6,8,14-17,19,27-28H,7H2,1H3/t14-,15+,16+,17-,19+/m0/s1. The van der Waals surface area contributed by atoms with Crippen molar-refractivity contribution in [2.75, 3.05) is 0 Å². The summed E-state index contributed by atoms with van der Waals surface area (Å²) in [5.41, 5.74) is 1.90. The molecule has 31 heavy (non-hydrogen) atoms. The number of rotatable bonds is 2. The van der Waals surface area contributed by atoms with E-state index in [1.165, 1.54) is 29.1 Å². The molecule has 2 N–H and O–H groups in total. The smallest absolute Gasteiger partial charge is 0.387 e. The molecule has 5 atom stereocenters. The van der Waals surface area contributed by atoms with Crippen molar-refractivity contribution < 1.29 is 33.2 Å². The predicted molar refractivity (Wildman–Crippen MR) is 103 cm³/mol. The van der Waals surface area contributed by atoms with Gasteiger partial charge in [-0.15, -0.1) is 8.78 Å². The molecule has 1 saturated heterocycles. The Morgan fingerprint density at radius 2 is 2.00 bits per heavy atom. The third kappa shape index (κ3) is 3.49. The van der Waals surface area contributed by atoms with Gasteiger partial charge in [-0.3, -0.25) is 9.47 Å². The molecule has 0 saturated carbocycles. The number of hydrogen-bond donors (Lipinski definition) is 2. The van der Waals surface area contributed by atoms with Crippen molar-refractivity contribution in [3.05, 3.63) is 58.6 Å². The first-order chi connectivity index (χ1) is 14.7. The molecule has 2 aliphatic rings. The van der Waals surface area contributed by atoms with Crippen molar-refractivity contribution in [3.63, 3.8) is 0 Å². The molecule has 0 aliphatic carbocycles. The quantitative estimate of drug-likeness (QED) is 0.615. The van der Waals surface area contributed by atoms with E-state index in [0.29, 0.717) is 21.8 Å². The predicted octanol–water partition coefficient (Wildman–Crippen LogP) is 2.85. The number of benzene rings is 1. The van der Waals surface area contributed by atoms with E-state index in [-0.39, 0.29) is 0 Å². The lowest BCUT2D eigenvalue weighted by atomic mass is 9.95. The number of alkyl halides is 2. The lowest BCUT2D eigenvalue weighted by Gasteiger charge is -2.27. The number of hydrogen-bond acceptors (Lipinski definition) is 7. The summed E-state index contributed by atoms with van der Waals surface area (Å²) in [6, 6.07) is 6.28. The number of aryl methyl sites for hydroxylation is 1. The number of nitrogens with zero attached hydrogens (tertiary/aromatic N) is 3. The highest BCUT2D eigenvalue weighted by atomic mass is 35.5. The molecule has 11 heteroatoms. The molecule has 0 radical (unpaired) electrons. The van der Waals surface area contributed by atoms with Crippen LogP contribution in [0.2, 0.25) is 5.02 Å². The van der Waals surface area contributed by atoms with Crippen molar-refractivity contribution in [2.45, 2.75) is 50.5 Å². The van der Waals surface area contributed by atoms with Crippen LogP contribution < -0.4 is 0 Å². The third-order valence-electron chi connectivity index (χ3n) is 5.63. The SMILES string of the molecule is Cc1ncnc2c1ccn2[C@@H]1O[C@H]([C@@H]2OC(F)(F)OCc3cc(Cl)ccc32)[C@@H](O)[C@H]1O. The molecule has 0 amide bonds. The second kappa shape index (κ2) is 7.44. The van der Waals surface area contributed by atoms with Crippen LogP contribution in [0.5, 0.6) is 0 Å². The Balaban J connectivity index is 1.54. The number of aromatic nitrogens is 3. The van der Waals surface area contributed by atoms with Crippen LogP contribution in [0.15, 0.2) is 36.8 Å². The molecule has 4 heterocycles. The van der Waals surface area contributed by atoms with Gasteiger partial charge in [0.1, 0.15) is 36.4 Å². The first-order valence-electron chi connectivity index (χ1n) is 9.53. The minimum absolute atomic E-state index is 0.328. The van der Waals surface area contributed by atoms with Gasteiger partial charge in [0.05, 0.1) is 12.3 Å². The van der Waals surface area contributed by atoms with Crippen LogP contribution in [-0.4, -0.2) is 49.4 Å². The average molecular weight is 454 g/mol. The molecule has 3 aromatic rings. The van der Waals surface area contributed by atoms with E-state index in [4.69, 9.17) is 21.1 Å². The number of halogens is 3. The fourth-order valence-corrected chi connectivity index (χ4v) is 4.29. The number of fused-ring (bicyclic) bond motifs is 2. The summed E-state index contributed by atoms with van der Waals surface area (Å²) in [4.78, 5) is 8.34. The highest BCUT2D eigenvalue weighted by molar-refractivity contribution is 6.30. The summed E-state index contributed by atoms with van der Waals surface area (Å²) in [7, 11) is 0. The Morgan fingerprint density at radius 1 is 1.19 bits per heavy atom. The van der Waals surface area contributed by atoms with E-state index in [9.17, 15) is 19.0 Å². The van der Waals surface area contributed by atoms with Crippen LogP contribution >= 0.6 is 11.6 Å². The van der Waals surface area contributed by atoms with Crippen LogP contribution in [-0.2, 0) is 20.8 Å². The molecule has 2 aliphatic heterocycles. The van der Waals surface area contributed by atoms with E-state index in [1.54, 1.807) is 19.2 Å². The highest BCUT2D eigenvalue weighted by Crippen LogP contribution is 2.44. The van der Waals surface area contributed by atoms with Crippen LogP contribution in [0.4, 0.5) is 8.78 Å². The fraction of sp³-hybridized carbons (Fsp3) is 0.400. The van der Waals surface area contributed by atoms with Crippen LogP contribution in [0.1, 0.15) is 29.2 Å². The Hall–Kier alpha value is -2.21. The molecular weight excluding hydrogens is 436 g/mol. The van der Waals surface area contributed by atoms with Crippen molar-refractivity contribution in [2.24, 2.45) is 0 Å². The van der Waals surface area contributed by atoms with E-state index < -0.39 is 43.5 Å². The maximum Gasteiger partial charge on any atom is 0.486 e. The maximum absolute atomic E-state index is 14.2. The summed E-state index contributed by atoms with van der Waals surface area (Å²) < 4.78 is 45.3. The number of aliphatic hydroxyl groups excluding tert-OH is 2. The van der Waals surface area contributed by atoms with Gasteiger partial charge in [0, 0.05) is 16.6 Å². The van der Waals surface area contributed by atoms with E-state index >= 15 is 0 Å². The van der Waals surface area contributed by atoms with Crippen molar-refractivity contribution in [1.82, 2.24) is 14.5 Å². The molecule has 1 fully saturated rings. The Kier molecular flexibility index (Phi) is 4.96. The zero-order valence-corrected chi connectivity index (χ0v) is 16.9. The van der Waals surface area contributed by atoms with Gasteiger partial charge in [-0.1, -0.05) is 17.7 Å². The van der Waals surface area contributed by atoms with E-state index in [1.807, 2.05) is 0 Å². The summed E-state index contributed by atoms with van der Waals surface area (Å²) in [6.07, 6.45) is -7.67. The summed E-state index contributed by atoms with van der Waals surface area (Å²) in [5, 5.41) is 22.5. The Morgan fingerprint density at radius 3 is 2.81 bits per heavy atom. The minimum atomic E-state index is -3.92. The first-order valence-corrected chi connectivity index (χ1v) is 9.90. The van der Waals surface area contributed by atoms with Gasteiger partial charge in [0.25, 0.3) is 0 Å². The molecule has 1 aromatic carbocycles. The maximum atomic E-state index is 14.2. The second-order valence-corrected chi connectivity index (χ2v) is 7.96. The normalized spacial score (nSPS) is 30.3. The fourth-order valence-electron chi connectivity index (χ4n) is 4.10. The van der Waals surface area contributed by atoms with Crippen LogP contribution in [0.3, 0.4) is 0 Å². The second-order valence-electron chi connectivity index (χ2n) is 7.53. The van der Waals surface area contributed by atoms with Gasteiger partial charge in [-0.05, 0) is 36.2 Å². The van der Waals surface area contributed by atoms with Crippen molar-refractivity contribution in [3.8, 4) is 0 Å². The lowest BCUT2D eigenvalue weighted by molar-refractivity contribution is -0.415. The van der Waals surface area contributed by atoms with Gasteiger partial charge < -0.3 is 19.5 Å². The third-order valence-corrected chi connectivity index (χ3v) is 5.86. The zero-order valence-electron chi connectivity index (χ0n) is 16.2. The van der Waals surface area contributed by atoms with Crippen molar-refractivity contribution in [1.29, 1.82) is 0 Å². The summed E-state index contributed by atoms with van der Waals surface area (Å²) in [5.74, 6) is 0. The Bertz CT molecular complexity index is 1140. The lowest BCUT2D eigenvalue weighted by Crippen LogP contribution is -2.38. The van der Waals surface area contributed by atoms with Gasteiger partial charge >= 0.3 is 6.29 Å². The van der Waals surface area contributed by atoms with Gasteiger partial charge in [0.2, 0.25) is 0 Å². The molecule has 0 spiro atoms. The summed E-state index contributed by atoms with van der Waals surface area (Å²) >= 11 is 6.00. The highest BCUT2D eigenvalue weighted by Gasteiger charge is 2.52. The first kappa shape index (κ1) is 20.7. The molecule has 164 valence electrons. The molecule has 8 nitrogen and oxygen atoms in total. The van der Waals surface area contributed by atoms with E-state index in [0.717, 1.165) is 11.1 Å². The summed E-state index contributed by atoms with van der Waals surface area (Å²) in [6.45, 7) is 1.37. The molecule has 2 aromatic heterocycles. The number of aliphatic hydroxyl groups is 2. The molecule has 5 rings (SSSR count). The van der Waals surface area contributed by atoms with Gasteiger partial charge in [0.15, 0.2) is 6.23 Å².